The van der Waals surface area contributed by atoms with E-state index in [1.54, 1.807) is 0 Å². The van der Waals surface area contributed by atoms with E-state index < -0.39 is 0 Å². The standard InChI is InChI=1S/C16H17NO3/c1-2-9-3-5-10(6-4-9)17-15(18)13-11-7-8-12(20-11)14(13)16(17)19/h3-6,11-14H,2,7-8H2,1H3/t11-,12+,13-,14-/m0/s1. The fourth-order valence-electron chi connectivity index (χ4n) is 3.85. The number of rotatable bonds is 2. The van der Waals surface area contributed by atoms with Crippen LogP contribution in [0.25, 0.3) is 0 Å². The highest BCUT2D eigenvalue weighted by atomic mass is 16.5. The van der Waals surface area contributed by atoms with E-state index in [1.165, 1.54) is 10.5 Å². The zero-order valence-electron chi connectivity index (χ0n) is 11.4. The predicted octanol–water partition coefficient (Wildman–Crippen LogP) is 1.92. The van der Waals surface area contributed by atoms with Gasteiger partial charge in [-0.25, -0.2) is 4.90 Å². The Hall–Kier alpha value is -1.68. The van der Waals surface area contributed by atoms with E-state index in [1.807, 2.05) is 24.3 Å². The third-order valence-electron chi connectivity index (χ3n) is 4.89. The molecule has 0 aromatic heterocycles. The first kappa shape index (κ1) is 12.1. The zero-order chi connectivity index (χ0) is 13.9. The Morgan fingerprint density at radius 1 is 1.05 bits per heavy atom. The topological polar surface area (TPSA) is 46.6 Å². The maximum Gasteiger partial charge on any atom is 0.240 e. The third-order valence-corrected chi connectivity index (χ3v) is 4.89. The Labute approximate surface area is 117 Å². The smallest absolute Gasteiger partial charge is 0.240 e. The molecule has 2 bridgehead atoms. The summed E-state index contributed by atoms with van der Waals surface area (Å²) < 4.78 is 5.73. The van der Waals surface area contributed by atoms with Crippen molar-refractivity contribution in [3.8, 4) is 0 Å². The average Bonchev–Trinajstić information content (AvgIpc) is 3.14. The van der Waals surface area contributed by atoms with E-state index in [-0.39, 0.29) is 35.9 Å². The summed E-state index contributed by atoms with van der Waals surface area (Å²) in [5.41, 5.74) is 1.91. The van der Waals surface area contributed by atoms with Crippen molar-refractivity contribution >= 4 is 17.5 Å². The highest BCUT2D eigenvalue weighted by Crippen LogP contribution is 2.49. The van der Waals surface area contributed by atoms with Crippen molar-refractivity contribution in [1.82, 2.24) is 0 Å². The van der Waals surface area contributed by atoms with Gasteiger partial charge in [0.15, 0.2) is 0 Å². The summed E-state index contributed by atoms with van der Waals surface area (Å²) in [5.74, 6) is -0.632. The molecule has 0 unspecified atom stereocenters. The van der Waals surface area contributed by atoms with Crippen LogP contribution >= 0.6 is 0 Å². The van der Waals surface area contributed by atoms with Gasteiger partial charge in [0.05, 0.1) is 29.7 Å². The van der Waals surface area contributed by atoms with Crippen molar-refractivity contribution in [1.29, 1.82) is 0 Å². The van der Waals surface area contributed by atoms with Gasteiger partial charge >= 0.3 is 0 Å². The van der Waals surface area contributed by atoms with Crippen molar-refractivity contribution < 1.29 is 14.3 Å². The number of anilines is 1. The molecule has 3 aliphatic heterocycles. The maximum atomic E-state index is 12.6. The van der Waals surface area contributed by atoms with Crippen LogP contribution in [0.3, 0.4) is 0 Å². The summed E-state index contributed by atoms with van der Waals surface area (Å²) in [6, 6.07) is 7.71. The lowest BCUT2D eigenvalue weighted by molar-refractivity contribution is -0.124. The van der Waals surface area contributed by atoms with E-state index in [4.69, 9.17) is 4.74 Å². The van der Waals surface area contributed by atoms with Crippen LogP contribution in [0.5, 0.6) is 0 Å². The van der Waals surface area contributed by atoms with Crippen LogP contribution in [0.1, 0.15) is 25.3 Å². The summed E-state index contributed by atoms with van der Waals surface area (Å²) in [4.78, 5) is 26.5. The van der Waals surface area contributed by atoms with Gasteiger partial charge in [-0.3, -0.25) is 9.59 Å². The first-order valence-corrected chi connectivity index (χ1v) is 7.33. The summed E-state index contributed by atoms with van der Waals surface area (Å²) in [6.45, 7) is 2.08. The lowest BCUT2D eigenvalue weighted by Crippen LogP contribution is -2.34. The summed E-state index contributed by atoms with van der Waals surface area (Å²) in [5, 5.41) is 0. The van der Waals surface area contributed by atoms with Crippen LogP contribution in [0, 0.1) is 11.8 Å². The van der Waals surface area contributed by atoms with Crippen LogP contribution in [-0.2, 0) is 20.7 Å². The average molecular weight is 271 g/mol. The van der Waals surface area contributed by atoms with Crippen molar-refractivity contribution in [2.75, 3.05) is 4.90 Å². The van der Waals surface area contributed by atoms with E-state index in [0.717, 1.165) is 19.3 Å². The van der Waals surface area contributed by atoms with Crippen molar-refractivity contribution in [3.05, 3.63) is 29.8 Å². The van der Waals surface area contributed by atoms with Gasteiger partial charge in [-0.05, 0) is 37.0 Å². The first-order valence-electron chi connectivity index (χ1n) is 7.33. The van der Waals surface area contributed by atoms with E-state index in [0.29, 0.717) is 5.69 Å². The van der Waals surface area contributed by atoms with Gasteiger partial charge in [-0.15, -0.1) is 0 Å². The molecular formula is C16H17NO3. The number of fused-ring (bicyclic) bond motifs is 5. The molecule has 4 heteroatoms. The van der Waals surface area contributed by atoms with E-state index in [9.17, 15) is 9.59 Å². The van der Waals surface area contributed by atoms with Crippen molar-refractivity contribution in [3.63, 3.8) is 0 Å². The normalized spacial score (nSPS) is 35.0. The number of benzene rings is 1. The minimum absolute atomic E-state index is 0.0404. The molecule has 1 aromatic rings. The molecule has 0 saturated carbocycles. The first-order chi connectivity index (χ1) is 9.70. The van der Waals surface area contributed by atoms with Gasteiger partial charge in [0.25, 0.3) is 0 Å². The number of imide groups is 1. The number of hydrogen-bond acceptors (Lipinski definition) is 3. The molecule has 0 N–H and O–H groups in total. The lowest BCUT2D eigenvalue weighted by atomic mass is 9.81. The van der Waals surface area contributed by atoms with Gasteiger partial charge in [-0.2, -0.15) is 0 Å². The predicted molar refractivity (Wildman–Crippen MR) is 73.2 cm³/mol. The number of ether oxygens (including phenoxy) is 1. The fraction of sp³-hybridized carbons (Fsp3) is 0.500. The monoisotopic (exact) mass is 271 g/mol. The number of hydrogen-bond donors (Lipinski definition) is 0. The second-order valence-electron chi connectivity index (χ2n) is 5.87. The van der Waals surface area contributed by atoms with Crippen LogP contribution in [0.2, 0.25) is 0 Å². The molecule has 4 atom stereocenters. The minimum Gasteiger partial charge on any atom is -0.373 e. The molecular weight excluding hydrogens is 254 g/mol. The molecule has 2 amide bonds. The Balaban J connectivity index is 1.69. The van der Waals surface area contributed by atoms with Crippen LogP contribution < -0.4 is 4.90 Å². The molecule has 4 nitrogen and oxygen atoms in total. The van der Waals surface area contributed by atoms with Crippen molar-refractivity contribution in [2.45, 2.75) is 38.4 Å². The van der Waals surface area contributed by atoms with Gasteiger partial charge in [0.1, 0.15) is 0 Å². The molecule has 1 aromatic carbocycles. The molecule has 0 spiro atoms. The molecule has 3 heterocycles. The Morgan fingerprint density at radius 3 is 2.10 bits per heavy atom. The Bertz CT molecular complexity index is 552. The molecule has 0 radical (unpaired) electrons. The second kappa shape index (κ2) is 4.16. The second-order valence-corrected chi connectivity index (χ2v) is 5.87. The molecule has 4 rings (SSSR count). The molecule has 3 fully saturated rings. The number of amides is 2. The Morgan fingerprint density at radius 2 is 1.60 bits per heavy atom. The number of carbonyl (C=O) groups is 2. The quantitative estimate of drug-likeness (QED) is 0.772. The highest BCUT2D eigenvalue weighted by Gasteiger charge is 2.62. The molecule has 0 aliphatic carbocycles. The van der Waals surface area contributed by atoms with Crippen LogP contribution in [0.15, 0.2) is 24.3 Å². The number of nitrogens with zero attached hydrogens (tertiary/aromatic N) is 1. The minimum atomic E-state index is -0.243. The molecule has 3 saturated heterocycles. The number of aryl methyl sites for hydroxylation is 1. The van der Waals surface area contributed by atoms with Gasteiger partial charge < -0.3 is 4.74 Å². The van der Waals surface area contributed by atoms with Crippen molar-refractivity contribution in [2.24, 2.45) is 11.8 Å². The van der Waals surface area contributed by atoms with E-state index in [2.05, 4.69) is 6.92 Å². The largest absolute Gasteiger partial charge is 0.373 e. The summed E-state index contributed by atoms with van der Waals surface area (Å²) in [6.07, 6.45) is 2.69. The molecule has 20 heavy (non-hydrogen) atoms. The summed E-state index contributed by atoms with van der Waals surface area (Å²) >= 11 is 0. The van der Waals surface area contributed by atoms with Gasteiger partial charge in [0, 0.05) is 0 Å². The third kappa shape index (κ3) is 1.45. The summed E-state index contributed by atoms with van der Waals surface area (Å²) in [7, 11) is 0. The fourth-order valence-corrected chi connectivity index (χ4v) is 3.85. The lowest BCUT2D eigenvalue weighted by Gasteiger charge is -2.17. The Kier molecular flexibility index (Phi) is 2.51. The van der Waals surface area contributed by atoms with Gasteiger partial charge in [0.2, 0.25) is 11.8 Å². The van der Waals surface area contributed by atoms with Crippen LogP contribution in [0.4, 0.5) is 5.69 Å². The van der Waals surface area contributed by atoms with E-state index >= 15 is 0 Å². The maximum absolute atomic E-state index is 12.6. The number of carbonyl (C=O) groups excluding carboxylic acids is 2. The zero-order valence-corrected chi connectivity index (χ0v) is 11.4. The highest BCUT2D eigenvalue weighted by molar-refractivity contribution is 6.22. The van der Waals surface area contributed by atoms with Crippen LogP contribution in [-0.4, -0.2) is 24.0 Å². The van der Waals surface area contributed by atoms with Gasteiger partial charge in [-0.1, -0.05) is 19.1 Å². The molecule has 3 aliphatic rings. The SMILES string of the molecule is CCc1ccc(N2C(=O)[C@@H]3[C@@H](C2=O)[C@H]2CC[C@@H]3O2)cc1. The molecule has 104 valence electrons.